The molecule has 0 bridgehead atoms. The van der Waals surface area contributed by atoms with Gasteiger partial charge in [0.05, 0.1) is 12.5 Å². The second-order valence-corrected chi connectivity index (χ2v) is 3.98. The molecule has 1 saturated heterocycles. The monoisotopic (exact) mass is 241 g/mol. The molecule has 1 atom stereocenters. The predicted octanol–water partition coefficient (Wildman–Crippen LogP) is 1.64. The summed E-state index contributed by atoms with van der Waals surface area (Å²) in [6, 6.07) is 1.55. The average Bonchev–Trinajstić information content (AvgIpc) is 2.70. The van der Waals surface area contributed by atoms with Gasteiger partial charge in [0.1, 0.15) is 5.15 Å². The van der Waals surface area contributed by atoms with Gasteiger partial charge in [0.15, 0.2) is 0 Å². The van der Waals surface area contributed by atoms with Gasteiger partial charge >= 0.3 is 0 Å². The zero-order chi connectivity index (χ0) is 11.4. The topological polar surface area (TPSA) is 64.1 Å². The van der Waals surface area contributed by atoms with E-state index in [1.54, 1.807) is 6.07 Å². The van der Waals surface area contributed by atoms with Gasteiger partial charge in [-0.1, -0.05) is 11.6 Å². The highest BCUT2D eigenvalue weighted by Gasteiger charge is 2.19. The molecule has 1 fully saturated rings. The molecule has 0 aliphatic carbocycles. The Morgan fingerprint density at radius 2 is 2.56 bits per heavy atom. The molecule has 5 nitrogen and oxygen atoms in total. The molecule has 16 heavy (non-hydrogen) atoms. The highest BCUT2D eigenvalue weighted by Crippen LogP contribution is 2.15. The van der Waals surface area contributed by atoms with Gasteiger partial charge in [-0.3, -0.25) is 10.1 Å². The third-order valence-electron chi connectivity index (χ3n) is 2.31. The van der Waals surface area contributed by atoms with Crippen LogP contribution in [0, 0.1) is 0 Å². The van der Waals surface area contributed by atoms with Crippen molar-refractivity contribution in [3.63, 3.8) is 0 Å². The van der Waals surface area contributed by atoms with E-state index in [-0.39, 0.29) is 18.0 Å². The number of amides is 1. The van der Waals surface area contributed by atoms with Crippen LogP contribution in [0.3, 0.4) is 0 Å². The van der Waals surface area contributed by atoms with E-state index in [2.05, 4.69) is 15.3 Å². The molecule has 1 aliphatic heterocycles. The number of aromatic nitrogens is 2. The summed E-state index contributed by atoms with van der Waals surface area (Å²) in [5.74, 6) is 0.0877. The standard InChI is InChI=1S/C10H12ClN3O2/c11-8-3-4-12-10(13-8)14-9(15)6-7-2-1-5-16-7/h3-4,7H,1-2,5-6H2,(H,12,13,14,15). The fraction of sp³-hybridized carbons (Fsp3) is 0.500. The summed E-state index contributed by atoms with van der Waals surface area (Å²) >= 11 is 5.67. The molecule has 6 heteroatoms. The largest absolute Gasteiger partial charge is 0.378 e. The molecule has 1 aromatic rings. The van der Waals surface area contributed by atoms with Crippen molar-refractivity contribution in [3.8, 4) is 0 Å². The first-order chi connectivity index (χ1) is 7.74. The Kier molecular flexibility index (Phi) is 3.69. The van der Waals surface area contributed by atoms with Gasteiger partial charge in [-0.05, 0) is 18.9 Å². The lowest BCUT2D eigenvalue weighted by Gasteiger charge is -2.08. The van der Waals surface area contributed by atoms with E-state index in [9.17, 15) is 4.79 Å². The second kappa shape index (κ2) is 5.23. The number of ether oxygens (including phenoxy) is 1. The van der Waals surface area contributed by atoms with Crippen molar-refractivity contribution >= 4 is 23.5 Å². The maximum absolute atomic E-state index is 11.6. The summed E-state index contributed by atoms with van der Waals surface area (Å²) in [5, 5.41) is 2.89. The minimum Gasteiger partial charge on any atom is -0.378 e. The summed E-state index contributed by atoms with van der Waals surface area (Å²) in [5.41, 5.74) is 0. The van der Waals surface area contributed by atoms with Gasteiger partial charge < -0.3 is 4.74 Å². The number of hydrogen-bond donors (Lipinski definition) is 1. The minimum absolute atomic E-state index is 0.0270. The molecule has 0 spiro atoms. The van der Waals surface area contributed by atoms with Crippen molar-refractivity contribution in [1.29, 1.82) is 0 Å². The van der Waals surface area contributed by atoms with Gasteiger partial charge in [0, 0.05) is 12.8 Å². The van der Waals surface area contributed by atoms with Crippen molar-refractivity contribution in [2.75, 3.05) is 11.9 Å². The van der Waals surface area contributed by atoms with Crippen molar-refractivity contribution in [2.24, 2.45) is 0 Å². The van der Waals surface area contributed by atoms with Gasteiger partial charge in [-0.15, -0.1) is 0 Å². The number of halogens is 1. The Bertz CT molecular complexity index is 380. The number of carbonyl (C=O) groups excluding carboxylic acids is 1. The lowest BCUT2D eigenvalue weighted by molar-refractivity contribution is -0.118. The molecule has 86 valence electrons. The molecule has 1 aromatic heterocycles. The normalized spacial score (nSPS) is 19.7. The predicted molar refractivity (Wildman–Crippen MR) is 59.3 cm³/mol. The van der Waals surface area contributed by atoms with Crippen molar-refractivity contribution in [3.05, 3.63) is 17.4 Å². The SMILES string of the molecule is O=C(CC1CCCO1)Nc1nccc(Cl)n1. The Balaban J connectivity index is 1.86. The van der Waals surface area contributed by atoms with E-state index in [1.165, 1.54) is 6.20 Å². The van der Waals surface area contributed by atoms with Crippen LogP contribution in [0.5, 0.6) is 0 Å². The summed E-state index contributed by atoms with van der Waals surface area (Å²) < 4.78 is 5.36. The second-order valence-electron chi connectivity index (χ2n) is 3.59. The Labute approximate surface area is 98.2 Å². The van der Waals surface area contributed by atoms with Gasteiger partial charge in [-0.25, -0.2) is 9.97 Å². The number of carbonyl (C=O) groups is 1. The van der Waals surface area contributed by atoms with E-state index in [4.69, 9.17) is 16.3 Å². The highest BCUT2D eigenvalue weighted by molar-refractivity contribution is 6.29. The van der Waals surface area contributed by atoms with Crippen LogP contribution in [0.25, 0.3) is 0 Å². The minimum atomic E-state index is -0.144. The highest BCUT2D eigenvalue weighted by atomic mass is 35.5. The Morgan fingerprint density at radius 1 is 1.69 bits per heavy atom. The van der Waals surface area contributed by atoms with Crippen LogP contribution in [-0.2, 0) is 9.53 Å². The molecule has 1 amide bonds. The zero-order valence-electron chi connectivity index (χ0n) is 8.65. The lowest BCUT2D eigenvalue weighted by Crippen LogP contribution is -2.20. The molecule has 1 aliphatic rings. The number of nitrogens with one attached hydrogen (secondary N) is 1. The van der Waals surface area contributed by atoms with Crippen LogP contribution in [0.2, 0.25) is 5.15 Å². The summed E-state index contributed by atoms with van der Waals surface area (Å²) in [7, 11) is 0. The smallest absolute Gasteiger partial charge is 0.230 e. The fourth-order valence-corrected chi connectivity index (χ4v) is 1.72. The van der Waals surface area contributed by atoms with Crippen molar-refractivity contribution in [2.45, 2.75) is 25.4 Å². The molecule has 1 unspecified atom stereocenters. The van der Waals surface area contributed by atoms with Gasteiger partial charge in [0.2, 0.25) is 11.9 Å². The Hall–Kier alpha value is -1.20. The molecule has 2 rings (SSSR count). The van der Waals surface area contributed by atoms with E-state index in [1.807, 2.05) is 0 Å². The molecule has 1 N–H and O–H groups in total. The summed E-state index contributed by atoms with van der Waals surface area (Å²) in [6.07, 6.45) is 3.82. The summed E-state index contributed by atoms with van der Waals surface area (Å²) in [4.78, 5) is 19.3. The first kappa shape index (κ1) is 11.3. The van der Waals surface area contributed by atoms with Crippen LogP contribution >= 0.6 is 11.6 Å². The van der Waals surface area contributed by atoms with Crippen molar-refractivity contribution in [1.82, 2.24) is 9.97 Å². The molecular weight excluding hydrogens is 230 g/mol. The lowest BCUT2D eigenvalue weighted by atomic mass is 10.2. The van der Waals surface area contributed by atoms with E-state index in [0.717, 1.165) is 19.4 Å². The van der Waals surface area contributed by atoms with E-state index in [0.29, 0.717) is 11.6 Å². The molecular formula is C10H12ClN3O2. The molecule has 0 saturated carbocycles. The average molecular weight is 242 g/mol. The summed E-state index contributed by atoms with van der Waals surface area (Å²) in [6.45, 7) is 0.742. The van der Waals surface area contributed by atoms with Crippen LogP contribution in [0.1, 0.15) is 19.3 Å². The number of nitrogens with zero attached hydrogens (tertiary/aromatic N) is 2. The first-order valence-electron chi connectivity index (χ1n) is 5.14. The van der Waals surface area contributed by atoms with Crippen LogP contribution in [0.15, 0.2) is 12.3 Å². The Morgan fingerprint density at radius 3 is 3.25 bits per heavy atom. The molecule has 2 heterocycles. The van der Waals surface area contributed by atoms with Crippen LogP contribution in [-0.4, -0.2) is 28.6 Å². The maximum Gasteiger partial charge on any atom is 0.230 e. The zero-order valence-corrected chi connectivity index (χ0v) is 9.41. The quantitative estimate of drug-likeness (QED) is 0.817. The van der Waals surface area contributed by atoms with Crippen molar-refractivity contribution < 1.29 is 9.53 Å². The van der Waals surface area contributed by atoms with Crippen LogP contribution < -0.4 is 5.32 Å². The number of hydrogen-bond acceptors (Lipinski definition) is 4. The fourth-order valence-electron chi connectivity index (χ4n) is 1.58. The third-order valence-corrected chi connectivity index (χ3v) is 2.52. The first-order valence-corrected chi connectivity index (χ1v) is 5.52. The maximum atomic E-state index is 11.6. The van der Waals surface area contributed by atoms with Gasteiger partial charge in [-0.2, -0.15) is 0 Å². The number of anilines is 1. The van der Waals surface area contributed by atoms with E-state index < -0.39 is 0 Å². The molecule has 0 aromatic carbocycles. The van der Waals surface area contributed by atoms with Gasteiger partial charge in [0.25, 0.3) is 0 Å². The number of rotatable bonds is 3. The third kappa shape index (κ3) is 3.15. The van der Waals surface area contributed by atoms with E-state index >= 15 is 0 Å². The molecule has 0 radical (unpaired) electrons. The van der Waals surface area contributed by atoms with Crippen LogP contribution in [0.4, 0.5) is 5.95 Å².